The first-order valence-electron chi connectivity index (χ1n) is 5.00. The summed E-state index contributed by atoms with van der Waals surface area (Å²) >= 11 is 0. The summed E-state index contributed by atoms with van der Waals surface area (Å²) < 4.78 is 5.30. The number of ether oxygens (including phenoxy) is 1. The summed E-state index contributed by atoms with van der Waals surface area (Å²) in [6.07, 6.45) is 0.471. The van der Waals surface area contributed by atoms with E-state index in [4.69, 9.17) is 15.8 Å². The van der Waals surface area contributed by atoms with Gasteiger partial charge >= 0.3 is 5.97 Å². The van der Waals surface area contributed by atoms with Crippen LogP contribution in [0.5, 0.6) is 5.75 Å². The van der Waals surface area contributed by atoms with Crippen LogP contribution in [0.15, 0.2) is 24.3 Å². The molecule has 0 spiro atoms. The molecule has 90 valence electrons. The van der Waals surface area contributed by atoms with Crippen molar-refractivity contribution < 1.29 is 14.4 Å². The van der Waals surface area contributed by atoms with Crippen LogP contribution in [0.1, 0.15) is 12.0 Å². The van der Waals surface area contributed by atoms with Crippen LogP contribution in [0.2, 0.25) is 0 Å². The Balaban J connectivity index is 2.32. The van der Waals surface area contributed by atoms with Crippen molar-refractivity contribution in [2.24, 2.45) is 5.84 Å². The van der Waals surface area contributed by atoms with Gasteiger partial charge in [0.15, 0.2) is 0 Å². The molecule has 0 atom stereocenters. The molecule has 0 aliphatic carbocycles. The zero-order valence-corrected chi connectivity index (χ0v) is 9.18. The maximum atomic E-state index is 10.9. The zero-order chi connectivity index (χ0) is 12.5. The predicted molar refractivity (Wildman–Crippen MR) is 59.3 cm³/mol. The van der Waals surface area contributed by atoms with Crippen molar-refractivity contribution in [2.45, 2.75) is 12.8 Å². The van der Waals surface area contributed by atoms with Crippen LogP contribution in [-0.4, -0.2) is 12.6 Å². The first-order valence-corrected chi connectivity index (χ1v) is 5.00. The third kappa shape index (κ3) is 4.97. The van der Waals surface area contributed by atoms with Gasteiger partial charge in [0.2, 0.25) is 0 Å². The Hall–Kier alpha value is -2.10. The van der Waals surface area contributed by atoms with Crippen molar-refractivity contribution in [1.29, 1.82) is 5.26 Å². The Bertz CT molecular complexity index is 397. The van der Waals surface area contributed by atoms with E-state index >= 15 is 0 Å². The van der Waals surface area contributed by atoms with Gasteiger partial charge in [-0.3, -0.25) is 4.79 Å². The maximum Gasteiger partial charge on any atom is 0.329 e. The molecule has 0 bridgehead atoms. The maximum absolute atomic E-state index is 10.9. The quantitative estimate of drug-likeness (QED) is 0.548. The standard InChI is InChI=1S/C11H13N3O3/c12-7-5-9-1-3-10(4-2-9)16-8-6-11(15)17-14-13/h1-4,14H,5-6,8,13H2. The molecule has 0 fully saturated rings. The summed E-state index contributed by atoms with van der Waals surface area (Å²) in [6, 6.07) is 9.16. The van der Waals surface area contributed by atoms with Gasteiger partial charge in [0.25, 0.3) is 0 Å². The van der Waals surface area contributed by atoms with E-state index in [1.165, 1.54) is 0 Å². The molecule has 17 heavy (non-hydrogen) atoms. The van der Waals surface area contributed by atoms with E-state index < -0.39 is 5.97 Å². The zero-order valence-electron chi connectivity index (χ0n) is 9.18. The number of rotatable bonds is 6. The van der Waals surface area contributed by atoms with Gasteiger partial charge in [-0.05, 0) is 17.7 Å². The number of carbonyl (C=O) groups is 1. The second-order valence-electron chi connectivity index (χ2n) is 3.17. The van der Waals surface area contributed by atoms with Gasteiger partial charge in [0, 0.05) is 0 Å². The Morgan fingerprint density at radius 3 is 2.71 bits per heavy atom. The monoisotopic (exact) mass is 235 g/mol. The number of benzene rings is 1. The summed E-state index contributed by atoms with van der Waals surface area (Å²) in [5, 5.41) is 8.49. The minimum atomic E-state index is -0.492. The van der Waals surface area contributed by atoms with E-state index in [0.29, 0.717) is 12.2 Å². The van der Waals surface area contributed by atoms with Gasteiger partial charge < -0.3 is 9.57 Å². The minimum Gasteiger partial charge on any atom is -0.493 e. The van der Waals surface area contributed by atoms with Gasteiger partial charge in [-0.25, -0.2) is 5.84 Å². The van der Waals surface area contributed by atoms with Crippen LogP contribution >= 0.6 is 0 Å². The van der Waals surface area contributed by atoms with E-state index in [1.54, 1.807) is 29.9 Å². The lowest BCUT2D eigenvalue weighted by molar-refractivity contribution is -0.151. The van der Waals surface area contributed by atoms with Gasteiger partial charge in [-0.2, -0.15) is 5.26 Å². The second kappa shape index (κ2) is 7.22. The highest BCUT2D eigenvalue weighted by Crippen LogP contribution is 2.12. The Labute approximate surface area is 98.9 Å². The van der Waals surface area contributed by atoms with E-state index in [2.05, 4.69) is 10.9 Å². The van der Waals surface area contributed by atoms with Crippen LogP contribution in [-0.2, 0) is 16.1 Å². The van der Waals surface area contributed by atoms with E-state index in [-0.39, 0.29) is 13.0 Å². The lowest BCUT2D eigenvalue weighted by Gasteiger charge is -2.05. The molecule has 0 aliphatic heterocycles. The molecule has 6 heteroatoms. The summed E-state index contributed by atoms with van der Waals surface area (Å²) in [5.41, 5.74) is 2.72. The first-order chi connectivity index (χ1) is 8.26. The Morgan fingerprint density at radius 1 is 1.41 bits per heavy atom. The van der Waals surface area contributed by atoms with E-state index in [0.717, 1.165) is 5.56 Å². The molecule has 0 radical (unpaired) electrons. The lowest BCUT2D eigenvalue weighted by atomic mass is 10.2. The summed E-state index contributed by atoms with van der Waals surface area (Å²) in [5.74, 6) is 4.94. The molecule has 0 aliphatic rings. The fraction of sp³-hybridized carbons (Fsp3) is 0.273. The van der Waals surface area contributed by atoms with Crippen molar-refractivity contribution in [3.8, 4) is 11.8 Å². The average Bonchev–Trinajstić information content (AvgIpc) is 2.32. The van der Waals surface area contributed by atoms with E-state index in [9.17, 15) is 4.79 Å². The van der Waals surface area contributed by atoms with Crippen molar-refractivity contribution in [3.63, 3.8) is 0 Å². The third-order valence-electron chi connectivity index (χ3n) is 1.95. The number of carbonyl (C=O) groups excluding carboxylic acids is 1. The fourth-order valence-electron chi connectivity index (χ4n) is 1.16. The highest BCUT2D eigenvalue weighted by molar-refractivity contribution is 5.69. The molecule has 6 nitrogen and oxygen atoms in total. The predicted octanol–water partition coefficient (Wildman–Crippen LogP) is 0.443. The average molecular weight is 235 g/mol. The fourth-order valence-corrected chi connectivity index (χ4v) is 1.16. The summed E-state index contributed by atoms with van der Waals surface area (Å²) in [7, 11) is 0. The van der Waals surface area contributed by atoms with Crippen molar-refractivity contribution in [2.75, 3.05) is 6.61 Å². The Kier molecular flexibility index (Phi) is 5.51. The molecule has 1 aromatic carbocycles. The lowest BCUT2D eigenvalue weighted by Crippen LogP contribution is -2.26. The molecule has 1 rings (SSSR count). The topological polar surface area (TPSA) is 97.4 Å². The molecule has 3 N–H and O–H groups in total. The molecular formula is C11H13N3O3. The molecule has 0 saturated carbocycles. The molecule has 0 unspecified atom stereocenters. The number of nitriles is 1. The molecule has 1 aromatic rings. The van der Waals surface area contributed by atoms with Crippen molar-refractivity contribution in [1.82, 2.24) is 5.59 Å². The smallest absolute Gasteiger partial charge is 0.329 e. The molecule has 0 saturated heterocycles. The third-order valence-corrected chi connectivity index (χ3v) is 1.95. The van der Waals surface area contributed by atoms with Crippen LogP contribution in [0.3, 0.4) is 0 Å². The molecule has 0 heterocycles. The van der Waals surface area contributed by atoms with E-state index in [1.807, 2.05) is 0 Å². The van der Waals surface area contributed by atoms with Gasteiger partial charge in [0.1, 0.15) is 5.75 Å². The van der Waals surface area contributed by atoms with Crippen LogP contribution in [0, 0.1) is 11.3 Å². The highest BCUT2D eigenvalue weighted by Gasteiger charge is 2.02. The van der Waals surface area contributed by atoms with Crippen molar-refractivity contribution >= 4 is 5.97 Å². The number of hydrogen-bond donors (Lipinski definition) is 2. The van der Waals surface area contributed by atoms with Crippen molar-refractivity contribution in [3.05, 3.63) is 29.8 Å². The van der Waals surface area contributed by atoms with Crippen LogP contribution in [0.25, 0.3) is 0 Å². The van der Waals surface area contributed by atoms with Crippen LogP contribution in [0.4, 0.5) is 0 Å². The SMILES string of the molecule is N#CCc1ccc(OCCC(=O)ONN)cc1. The first kappa shape index (κ1) is 13.0. The summed E-state index contributed by atoms with van der Waals surface area (Å²) in [6.45, 7) is 0.206. The molecule has 0 aromatic heterocycles. The number of nitrogens with zero attached hydrogens (tertiary/aromatic N) is 1. The molecule has 0 amide bonds. The summed E-state index contributed by atoms with van der Waals surface area (Å²) in [4.78, 5) is 15.2. The largest absolute Gasteiger partial charge is 0.493 e. The Morgan fingerprint density at radius 2 is 2.12 bits per heavy atom. The highest BCUT2D eigenvalue weighted by atomic mass is 16.7. The van der Waals surface area contributed by atoms with Crippen LogP contribution < -0.4 is 16.2 Å². The number of hydrazine groups is 1. The molecular weight excluding hydrogens is 222 g/mol. The second-order valence-corrected chi connectivity index (χ2v) is 3.17. The number of nitrogens with one attached hydrogen (secondary N) is 1. The van der Waals surface area contributed by atoms with Gasteiger partial charge in [-0.1, -0.05) is 17.7 Å². The number of nitrogens with two attached hydrogens (primary N) is 1. The normalized spacial score (nSPS) is 9.41. The van der Waals surface area contributed by atoms with Gasteiger partial charge in [-0.15, -0.1) is 0 Å². The number of hydrogen-bond acceptors (Lipinski definition) is 6. The minimum absolute atomic E-state index is 0.101. The van der Waals surface area contributed by atoms with Gasteiger partial charge in [0.05, 0.1) is 25.5 Å².